The molecule has 0 nitrogen and oxygen atoms in total. The molecule has 0 aliphatic carbocycles. The molecule has 3 aromatic carbocycles. The molecule has 0 radical (unpaired) electrons. The Bertz CT molecular complexity index is 738. The third-order valence-corrected chi connectivity index (χ3v) is 7.42. The predicted molar refractivity (Wildman–Crippen MR) is 123 cm³/mol. The van der Waals surface area contributed by atoms with Gasteiger partial charge in [0.25, 0.3) is 0 Å². The summed E-state index contributed by atoms with van der Waals surface area (Å²) in [6.07, 6.45) is 10.8. The van der Waals surface area contributed by atoms with Crippen LogP contribution in [0.4, 0.5) is 0 Å². The zero-order chi connectivity index (χ0) is 19.4. The molecule has 0 amide bonds. The molecule has 0 saturated heterocycles. The highest BCUT2D eigenvalue weighted by atomic mass is 32.2. The van der Waals surface area contributed by atoms with Gasteiger partial charge in [0.2, 0.25) is 0 Å². The number of aryl methyl sites for hydroxylation is 1. The van der Waals surface area contributed by atoms with Crippen molar-refractivity contribution in [2.45, 2.75) is 73.0 Å². The van der Waals surface area contributed by atoms with E-state index in [0.717, 1.165) is 0 Å². The zero-order valence-electron chi connectivity index (χ0n) is 17.1. The lowest BCUT2D eigenvalue weighted by Crippen LogP contribution is -2.04. The fourth-order valence-corrected chi connectivity index (χ4v) is 5.68. The Morgan fingerprint density at radius 3 is 1.50 bits per heavy atom. The Labute approximate surface area is 174 Å². The molecule has 0 heterocycles. The average molecular weight is 390 g/mol. The van der Waals surface area contributed by atoms with E-state index < -0.39 is 0 Å². The first-order valence-electron chi connectivity index (χ1n) is 10.8. The first kappa shape index (κ1) is 20.7. The molecular formula is C27H33S+. The summed E-state index contributed by atoms with van der Waals surface area (Å²) >= 11 is 0. The van der Waals surface area contributed by atoms with Crippen molar-refractivity contribution >= 4 is 10.9 Å². The van der Waals surface area contributed by atoms with Gasteiger partial charge in [-0.3, -0.25) is 0 Å². The molecule has 146 valence electrons. The second-order valence-electron chi connectivity index (χ2n) is 7.45. The molecule has 0 aliphatic rings. The van der Waals surface area contributed by atoms with Gasteiger partial charge in [-0.2, -0.15) is 0 Å². The number of hydrogen-bond donors (Lipinski definition) is 0. The lowest BCUT2D eigenvalue weighted by Gasteiger charge is -2.09. The van der Waals surface area contributed by atoms with Crippen molar-refractivity contribution in [3.8, 4) is 0 Å². The minimum atomic E-state index is -0.0351. The topological polar surface area (TPSA) is 0 Å². The van der Waals surface area contributed by atoms with Crippen molar-refractivity contribution in [3.05, 3.63) is 90.5 Å². The van der Waals surface area contributed by atoms with Crippen LogP contribution in [0.25, 0.3) is 0 Å². The zero-order valence-corrected chi connectivity index (χ0v) is 18.0. The summed E-state index contributed by atoms with van der Waals surface area (Å²) in [5.41, 5.74) is 1.47. The van der Waals surface area contributed by atoms with Crippen LogP contribution in [0.1, 0.15) is 57.4 Å². The Balaban J connectivity index is 1.63. The van der Waals surface area contributed by atoms with Crippen LogP contribution in [-0.4, -0.2) is 0 Å². The van der Waals surface area contributed by atoms with Crippen molar-refractivity contribution in [1.82, 2.24) is 0 Å². The minimum absolute atomic E-state index is 0.0351. The second kappa shape index (κ2) is 11.8. The summed E-state index contributed by atoms with van der Waals surface area (Å²) in [5, 5.41) is 0. The molecule has 0 saturated carbocycles. The van der Waals surface area contributed by atoms with Gasteiger partial charge in [0.05, 0.1) is 10.9 Å². The summed E-state index contributed by atoms with van der Waals surface area (Å²) in [6, 6.07) is 31.2. The summed E-state index contributed by atoms with van der Waals surface area (Å²) < 4.78 is 0. The maximum atomic E-state index is 2.35. The third kappa shape index (κ3) is 6.27. The van der Waals surface area contributed by atoms with Gasteiger partial charge < -0.3 is 0 Å². The van der Waals surface area contributed by atoms with Crippen LogP contribution in [-0.2, 0) is 17.3 Å². The van der Waals surface area contributed by atoms with Gasteiger partial charge in [-0.25, -0.2) is 0 Å². The van der Waals surface area contributed by atoms with Gasteiger partial charge in [0.15, 0.2) is 14.7 Å². The maximum Gasteiger partial charge on any atom is 0.166 e. The molecular weight excluding hydrogens is 356 g/mol. The van der Waals surface area contributed by atoms with Gasteiger partial charge >= 0.3 is 0 Å². The molecule has 0 aromatic heterocycles. The first-order chi connectivity index (χ1) is 13.9. The molecule has 0 atom stereocenters. The van der Waals surface area contributed by atoms with Crippen LogP contribution in [0, 0.1) is 0 Å². The highest BCUT2D eigenvalue weighted by Gasteiger charge is 2.27. The molecule has 3 rings (SSSR count). The molecule has 0 bridgehead atoms. The van der Waals surface area contributed by atoms with E-state index in [2.05, 4.69) is 91.9 Å². The molecule has 28 heavy (non-hydrogen) atoms. The van der Waals surface area contributed by atoms with Gasteiger partial charge in [-0.1, -0.05) is 94.0 Å². The van der Waals surface area contributed by atoms with E-state index in [1.165, 1.54) is 71.6 Å². The molecule has 1 heteroatoms. The standard InChI is InChI=1S/C27H33S/c1-2-3-4-5-6-7-10-15-24-20-22-27(23-21-24)28(25-16-11-8-12-17-25)26-18-13-9-14-19-26/h8-9,11-14,16-23H,2-7,10,15H2,1H3/q+1. The summed E-state index contributed by atoms with van der Waals surface area (Å²) in [4.78, 5) is 4.17. The second-order valence-corrected chi connectivity index (χ2v) is 9.47. The number of rotatable bonds is 11. The predicted octanol–water partition coefficient (Wildman–Crippen LogP) is 8.08. The van der Waals surface area contributed by atoms with Crippen molar-refractivity contribution in [1.29, 1.82) is 0 Å². The third-order valence-electron chi connectivity index (χ3n) is 5.19. The van der Waals surface area contributed by atoms with E-state index in [-0.39, 0.29) is 10.9 Å². The van der Waals surface area contributed by atoms with Crippen LogP contribution >= 0.6 is 0 Å². The van der Waals surface area contributed by atoms with E-state index in [0.29, 0.717) is 0 Å². The summed E-state index contributed by atoms with van der Waals surface area (Å²) in [7, 11) is -0.0351. The Hall–Kier alpha value is -1.99. The van der Waals surface area contributed by atoms with Gasteiger partial charge in [-0.05, 0) is 54.8 Å². The molecule has 0 aliphatic heterocycles. The monoisotopic (exact) mass is 389 g/mol. The Morgan fingerprint density at radius 1 is 0.500 bits per heavy atom. The van der Waals surface area contributed by atoms with Crippen LogP contribution < -0.4 is 0 Å². The average Bonchev–Trinajstić information content (AvgIpc) is 2.76. The molecule has 3 aromatic rings. The van der Waals surface area contributed by atoms with E-state index >= 15 is 0 Å². The summed E-state index contributed by atoms with van der Waals surface area (Å²) in [5.74, 6) is 0. The van der Waals surface area contributed by atoms with Crippen LogP contribution in [0.3, 0.4) is 0 Å². The normalized spacial score (nSPS) is 11.1. The number of unbranched alkanes of at least 4 members (excludes halogenated alkanes) is 6. The molecule has 0 fully saturated rings. The Morgan fingerprint density at radius 2 is 0.964 bits per heavy atom. The van der Waals surface area contributed by atoms with Crippen molar-refractivity contribution in [2.24, 2.45) is 0 Å². The van der Waals surface area contributed by atoms with Crippen molar-refractivity contribution in [2.75, 3.05) is 0 Å². The smallest absolute Gasteiger partial charge is 0.0654 e. The molecule has 0 spiro atoms. The largest absolute Gasteiger partial charge is 0.166 e. The van der Waals surface area contributed by atoms with E-state index in [9.17, 15) is 0 Å². The molecule has 0 N–H and O–H groups in total. The van der Waals surface area contributed by atoms with Crippen LogP contribution in [0.5, 0.6) is 0 Å². The highest BCUT2D eigenvalue weighted by Crippen LogP contribution is 2.31. The highest BCUT2D eigenvalue weighted by molar-refractivity contribution is 7.97. The Kier molecular flexibility index (Phi) is 8.71. The maximum absolute atomic E-state index is 2.35. The number of benzene rings is 3. The van der Waals surface area contributed by atoms with Gasteiger partial charge in [0.1, 0.15) is 0 Å². The van der Waals surface area contributed by atoms with Crippen molar-refractivity contribution in [3.63, 3.8) is 0 Å². The first-order valence-corrected chi connectivity index (χ1v) is 12.0. The van der Waals surface area contributed by atoms with Crippen LogP contribution in [0.2, 0.25) is 0 Å². The van der Waals surface area contributed by atoms with E-state index in [4.69, 9.17) is 0 Å². The fourth-order valence-electron chi connectivity index (χ4n) is 3.60. The van der Waals surface area contributed by atoms with Crippen LogP contribution in [0.15, 0.2) is 99.6 Å². The van der Waals surface area contributed by atoms with Crippen molar-refractivity contribution < 1.29 is 0 Å². The lowest BCUT2D eigenvalue weighted by atomic mass is 10.0. The SMILES string of the molecule is CCCCCCCCCc1ccc([S+](c2ccccc2)c2ccccc2)cc1. The van der Waals surface area contributed by atoms with Gasteiger partial charge in [-0.15, -0.1) is 0 Å². The minimum Gasteiger partial charge on any atom is -0.0654 e. The fraction of sp³-hybridized carbons (Fsp3) is 0.333. The summed E-state index contributed by atoms with van der Waals surface area (Å²) in [6.45, 7) is 2.28. The lowest BCUT2D eigenvalue weighted by molar-refractivity contribution is 0.589. The van der Waals surface area contributed by atoms with Gasteiger partial charge in [0, 0.05) is 0 Å². The quantitative estimate of drug-likeness (QED) is 0.230. The molecule has 0 unspecified atom stereocenters. The number of hydrogen-bond acceptors (Lipinski definition) is 0. The van der Waals surface area contributed by atoms with E-state index in [1.807, 2.05) is 0 Å². The van der Waals surface area contributed by atoms with E-state index in [1.54, 1.807) is 0 Å².